The maximum atomic E-state index is 9.23. The molecule has 0 amide bonds. The van der Waals surface area contributed by atoms with Crippen LogP contribution in [-0.2, 0) is 13.1 Å². The number of anilines is 1. The van der Waals surface area contributed by atoms with E-state index < -0.39 is 0 Å². The summed E-state index contributed by atoms with van der Waals surface area (Å²) in [6.07, 6.45) is 4.08. The number of aliphatic hydroxyl groups is 1. The first kappa shape index (κ1) is 16.0. The first-order valence-corrected chi connectivity index (χ1v) is 8.39. The second kappa shape index (κ2) is 7.62. The van der Waals surface area contributed by atoms with Gasteiger partial charge in [0, 0.05) is 36.6 Å². The normalized spacial score (nSPS) is 16.6. The molecule has 0 unspecified atom stereocenters. The second-order valence-electron chi connectivity index (χ2n) is 6.48. The predicted molar refractivity (Wildman–Crippen MR) is 92.2 cm³/mol. The quantitative estimate of drug-likeness (QED) is 0.767. The van der Waals surface area contributed by atoms with Crippen LogP contribution in [-0.4, -0.2) is 39.9 Å². The van der Waals surface area contributed by atoms with E-state index in [9.17, 15) is 5.11 Å². The van der Waals surface area contributed by atoms with Crippen molar-refractivity contribution in [2.45, 2.75) is 32.9 Å². The summed E-state index contributed by atoms with van der Waals surface area (Å²) in [6, 6.07) is 8.64. The number of piperidine rings is 1. The lowest BCUT2D eigenvalue weighted by Crippen LogP contribution is -2.34. The first-order valence-electron chi connectivity index (χ1n) is 8.39. The van der Waals surface area contributed by atoms with Crippen molar-refractivity contribution in [3.8, 4) is 0 Å². The number of rotatable bonds is 6. The molecule has 124 valence electrons. The van der Waals surface area contributed by atoms with Gasteiger partial charge in [0.05, 0.1) is 6.20 Å². The van der Waals surface area contributed by atoms with Gasteiger partial charge in [0.25, 0.3) is 0 Å². The molecule has 1 aromatic heterocycles. The second-order valence-corrected chi connectivity index (χ2v) is 6.48. The third-order valence-electron chi connectivity index (χ3n) is 4.72. The number of aromatic nitrogens is 2. The summed E-state index contributed by atoms with van der Waals surface area (Å²) in [4.78, 5) is 2.48. The van der Waals surface area contributed by atoms with Gasteiger partial charge in [0.15, 0.2) is 0 Å². The standard InChI is InChI=1S/C18H26N4O/c1-14-17(11-20-21-14)10-19-18-4-2-3-16(9-18)12-22-7-5-15(13-23)6-8-22/h2-4,9,11,15,19,23H,5-8,10,12-13H2,1H3,(H,20,21). The zero-order valence-electron chi connectivity index (χ0n) is 13.8. The van der Waals surface area contributed by atoms with Crippen LogP contribution in [0.3, 0.4) is 0 Å². The molecular weight excluding hydrogens is 288 g/mol. The monoisotopic (exact) mass is 314 g/mol. The van der Waals surface area contributed by atoms with E-state index >= 15 is 0 Å². The van der Waals surface area contributed by atoms with Crippen molar-refractivity contribution in [1.82, 2.24) is 15.1 Å². The van der Waals surface area contributed by atoms with Gasteiger partial charge in [-0.3, -0.25) is 10.00 Å². The molecular formula is C18H26N4O. The van der Waals surface area contributed by atoms with Gasteiger partial charge in [-0.1, -0.05) is 12.1 Å². The van der Waals surface area contributed by atoms with Crippen LogP contribution in [0.15, 0.2) is 30.5 Å². The fraction of sp³-hybridized carbons (Fsp3) is 0.500. The number of hydrogen-bond donors (Lipinski definition) is 3. The minimum absolute atomic E-state index is 0.334. The molecule has 23 heavy (non-hydrogen) atoms. The van der Waals surface area contributed by atoms with Gasteiger partial charge >= 0.3 is 0 Å². The Labute approximate surface area is 137 Å². The fourth-order valence-corrected chi connectivity index (χ4v) is 3.12. The van der Waals surface area contributed by atoms with Crippen molar-refractivity contribution in [3.05, 3.63) is 47.3 Å². The summed E-state index contributed by atoms with van der Waals surface area (Å²) in [5, 5.41) is 19.7. The Bertz CT molecular complexity index is 617. The molecule has 1 fully saturated rings. The molecule has 2 heterocycles. The van der Waals surface area contributed by atoms with Crippen LogP contribution in [0.5, 0.6) is 0 Å². The number of aliphatic hydroxyl groups excluding tert-OH is 1. The number of aromatic amines is 1. The highest BCUT2D eigenvalue weighted by Crippen LogP contribution is 2.20. The Morgan fingerprint density at radius 2 is 2.17 bits per heavy atom. The molecule has 1 aliphatic rings. The molecule has 5 nitrogen and oxygen atoms in total. The van der Waals surface area contributed by atoms with Crippen molar-refractivity contribution in [3.63, 3.8) is 0 Å². The molecule has 5 heteroatoms. The molecule has 0 saturated carbocycles. The fourth-order valence-electron chi connectivity index (χ4n) is 3.12. The van der Waals surface area contributed by atoms with Crippen LogP contribution in [0, 0.1) is 12.8 Å². The number of H-pyrrole nitrogens is 1. The smallest absolute Gasteiger partial charge is 0.0539 e. The molecule has 3 N–H and O–H groups in total. The molecule has 0 aliphatic carbocycles. The summed E-state index contributed by atoms with van der Waals surface area (Å²) >= 11 is 0. The van der Waals surface area contributed by atoms with Crippen molar-refractivity contribution in [2.75, 3.05) is 25.0 Å². The molecule has 1 aromatic carbocycles. The Hall–Kier alpha value is -1.85. The van der Waals surface area contributed by atoms with Gasteiger partial charge in [-0.15, -0.1) is 0 Å². The Balaban J connectivity index is 1.54. The Morgan fingerprint density at radius 1 is 1.35 bits per heavy atom. The van der Waals surface area contributed by atoms with E-state index in [-0.39, 0.29) is 0 Å². The van der Waals surface area contributed by atoms with Crippen molar-refractivity contribution < 1.29 is 5.11 Å². The number of hydrogen-bond acceptors (Lipinski definition) is 4. The average Bonchev–Trinajstić information content (AvgIpc) is 2.99. The Kier molecular flexibility index (Phi) is 5.31. The summed E-state index contributed by atoms with van der Waals surface area (Å²) in [5.74, 6) is 0.498. The molecule has 0 radical (unpaired) electrons. The topological polar surface area (TPSA) is 64.2 Å². The van der Waals surface area contributed by atoms with E-state index in [1.807, 2.05) is 13.1 Å². The molecule has 1 saturated heterocycles. The number of likely N-dealkylation sites (tertiary alicyclic amines) is 1. The van der Waals surface area contributed by atoms with Crippen LogP contribution < -0.4 is 5.32 Å². The lowest BCUT2D eigenvalue weighted by atomic mass is 9.97. The molecule has 1 aliphatic heterocycles. The minimum Gasteiger partial charge on any atom is -0.396 e. The van der Waals surface area contributed by atoms with Crippen molar-refractivity contribution in [1.29, 1.82) is 0 Å². The van der Waals surface area contributed by atoms with E-state index in [1.54, 1.807) is 0 Å². The summed E-state index contributed by atoms with van der Waals surface area (Å²) in [6.45, 7) is 6.30. The molecule has 3 rings (SSSR count). The highest BCUT2D eigenvalue weighted by atomic mass is 16.3. The lowest BCUT2D eigenvalue weighted by molar-refractivity contribution is 0.127. The molecule has 0 bridgehead atoms. The predicted octanol–water partition coefficient (Wildman–Crippen LogP) is 2.53. The highest BCUT2D eigenvalue weighted by Gasteiger charge is 2.18. The van der Waals surface area contributed by atoms with Gasteiger partial charge in [-0.25, -0.2) is 0 Å². The van der Waals surface area contributed by atoms with Gasteiger partial charge in [0.2, 0.25) is 0 Å². The SMILES string of the molecule is Cc1[nH]ncc1CNc1cccc(CN2CCC(CO)CC2)c1. The summed E-state index contributed by atoms with van der Waals surface area (Å²) in [5.41, 5.74) is 4.79. The summed E-state index contributed by atoms with van der Waals surface area (Å²) in [7, 11) is 0. The van der Waals surface area contributed by atoms with Gasteiger partial charge < -0.3 is 10.4 Å². The van der Waals surface area contributed by atoms with E-state index in [4.69, 9.17) is 0 Å². The summed E-state index contributed by atoms with van der Waals surface area (Å²) < 4.78 is 0. The number of nitrogens with zero attached hydrogens (tertiary/aromatic N) is 2. The van der Waals surface area contributed by atoms with Gasteiger partial charge in [-0.2, -0.15) is 5.10 Å². The van der Waals surface area contributed by atoms with E-state index in [0.717, 1.165) is 50.4 Å². The van der Waals surface area contributed by atoms with E-state index in [2.05, 4.69) is 44.7 Å². The lowest BCUT2D eigenvalue weighted by Gasteiger charge is -2.31. The van der Waals surface area contributed by atoms with E-state index in [0.29, 0.717) is 12.5 Å². The van der Waals surface area contributed by atoms with Crippen molar-refractivity contribution >= 4 is 5.69 Å². The molecule has 0 spiro atoms. The first-order chi connectivity index (χ1) is 11.2. The van der Waals surface area contributed by atoms with Crippen molar-refractivity contribution in [2.24, 2.45) is 5.92 Å². The van der Waals surface area contributed by atoms with Crippen LogP contribution in [0.4, 0.5) is 5.69 Å². The van der Waals surface area contributed by atoms with E-state index in [1.165, 1.54) is 11.1 Å². The zero-order valence-corrected chi connectivity index (χ0v) is 13.8. The third-order valence-corrected chi connectivity index (χ3v) is 4.72. The molecule has 2 aromatic rings. The van der Waals surface area contributed by atoms with Gasteiger partial charge in [-0.05, 0) is 56.5 Å². The maximum Gasteiger partial charge on any atom is 0.0539 e. The van der Waals surface area contributed by atoms with Crippen LogP contribution in [0.2, 0.25) is 0 Å². The van der Waals surface area contributed by atoms with Crippen LogP contribution in [0.25, 0.3) is 0 Å². The zero-order chi connectivity index (χ0) is 16.1. The Morgan fingerprint density at radius 3 is 2.87 bits per heavy atom. The van der Waals surface area contributed by atoms with Crippen LogP contribution in [0.1, 0.15) is 29.7 Å². The number of benzene rings is 1. The minimum atomic E-state index is 0.334. The highest BCUT2D eigenvalue weighted by molar-refractivity contribution is 5.46. The average molecular weight is 314 g/mol. The molecule has 0 atom stereocenters. The maximum absolute atomic E-state index is 9.23. The number of nitrogens with one attached hydrogen (secondary N) is 2. The largest absolute Gasteiger partial charge is 0.396 e. The number of aryl methyl sites for hydroxylation is 1. The third kappa shape index (κ3) is 4.33. The van der Waals surface area contributed by atoms with Crippen LogP contribution >= 0.6 is 0 Å². The van der Waals surface area contributed by atoms with Gasteiger partial charge in [0.1, 0.15) is 0 Å².